The summed E-state index contributed by atoms with van der Waals surface area (Å²) in [5.41, 5.74) is 0. The summed E-state index contributed by atoms with van der Waals surface area (Å²) in [6, 6.07) is 0. The third kappa shape index (κ3) is 1.89. The molecule has 0 saturated carbocycles. The van der Waals surface area contributed by atoms with Crippen LogP contribution in [0.25, 0.3) is 0 Å². The highest BCUT2D eigenvalue weighted by Crippen LogP contribution is 2.29. The highest BCUT2D eigenvalue weighted by molar-refractivity contribution is 4.75. The monoisotopic (exact) mass is 163 g/mol. The Balaban J connectivity index is 2.47. The Morgan fingerprint density at radius 1 is 1.27 bits per heavy atom. The fourth-order valence-corrected chi connectivity index (χ4v) is 1.49. The zero-order chi connectivity index (χ0) is 8.43. The van der Waals surface area contributed by atoms with Crippen LogP contribution in [0.3, 0.4) is 0 Å². The quantitative estimate of drug-likeness (QED) is 0.536. The SMILES string of the molecule is CCC1CC(F)N(C)C(F)C1. The molecule has 0 amide bonds. The van der Waals surface area contributed by atoms with Crippen LogP contribution in [0.2, 0.25) is 0 Å². The van der Waals surface area contributed by atoms with Gasteiger partial charge in [-0.2, -0.15) is 0 Å². The molecule has 1 aliphatic rings. The van der Waals surface area contributed by atoms with Crippen molar-refractivity contribution in [2.24, 2.45) is 5.92 Å². The van der Waals surface area contributed by atoms with Gasteiger partial charge in [0.15, 0.2) is 12.6 Å². The summed E-state index contributed by atoms with van der Waals surface area (Å²) in [5.74, 6) is 0.233. The highest BCUT2D eigenvalue weighted by Gasteiger charge is 2.32. The second-order valence-electron chi connectivity index (χ2n) is 3.28. The summed E-state index contributed by atoms with van der Waals surface area (Å²) < 4.78 is 25.9. The van der Waals surface area contributed by atoms with E-state index >= 15 is 0 Å². The number of likely N-dealkylation sites (tertiary alicyclic amines) is 1. The average Bonchev–Trinajstić information content (AvgIpc) is 1.99. The third-order valence-electron chi connectivity index (χ3n) is 2.52. The Morgan fingerprint density at radius 2 is 1.73 bits per heavy atom. The van der Waals surface area contributed by atoms with Crippen molar-refractivity contribution in [2.75, 3.05) is 7.05 Å². The molecule has 0 N–H and O–H groups in total. The molecule has 0 spiro atoms. The van der Waals surface area contributed by atoms with Crippen LogP contribution in [0, 0.1) is 5.92 Å². The van der Waals surface area contributed by atoms with Gasteiger partial charge in [0.1, 0.15) is 0 Å². The van der Waals surface area contributed by atoms with Crippen LogP contribution < -0.4 is 0 Å². The lowest BCUT2D eigenvalue weighted by Crippen LogP contribution is -2.42. The topological polar surface area (TPSA) is 3.24 Å². The van der Waals surface area contributed by atoms with Gasteiger partial charge in [-0.1, -0.05) is 13.3 Å². The summed E-state index contributed by atoms with van der Waals surface area (Å²) in [4.78, 5) is 1.17. The predicted molar refractivity (Wildman–Crippen MR) is 40.6 cm³/mol. The van der Waals surface area contributed by atoms with Crippen molar-refractivity contribution in [1.82, 2.24) is 4.90 Å². The maximum absolute atomic E-state index is 13.0. The van der Waals surface area contributed by atoms with Gasteiger partial charge < -0.3 is 0 Å². The summed E-state index contributed by atoms with van der Waals surface area (Å²) >= 11 is 0. The Bertz CT molecular complexity index is 117. The van der Waals surface area contributed by atoms with Crippen LogP contribution in [-0.4, -0.2) is 24.5 Å². The summed E-state index contributed by atoms with van der Waals surface area (Å²) in [7, 11) is 1.50. The van der Waals surface area contributed by atoms with E-state index in [1.165, 1.54) is 11.9 Å². The molecule has 66 valence electrons. The van der Waals surface area contributed by atoms with Crippen molar-refractivity contribution in [3.63, 3.8) is 0 Å². The van der Waals surface area contributed by atoms with Crippen LogP contribution in [0.5, 0.6) is 0 Å². The molecule has 1 heterocycles. The first-order chi connectivity index (χ1) is 5.15. The van der Waals surface area contributed by atoms with Gasteiger partial charge in [0.2, 0.25) is 0 Å². The van der Waals surface area contributed by atoms with Gasteiger partial charge in [0, 0.05) is 0 Å². The first kappa shape index (κ1) is 8.91. The third-order valence-corrected chi connectivity index (χ3v) is 2.52. The molecular formula is C8H15F2N. The molecule has 0 bridgehead atoms. The Hall–Kier alpha value is -0.180. The lowest BCUT2D eigenvalue weighted by molar-refractivity contribution is -0.0568. The standard InChI is InChI=1S/C8H15F2N/c1-3-6-4-7(9)11(2)8(10)5-6/h6-8H,3-5H2,1-2H3. The molecule has 1 nitrogen and oxygen atoms in total. The van der Waals surface area contributed by atoms with E-state index in [0.717, 1.165) is 6.42 Å². The first-order valence-electron chi connectivity index (χ1n) is 4.15. The van der Waals surface area contributed by atoms with E-state index in [9.17, 15) is 8.78 Å². The predicted octanol–water partition coefficient (Wildman–Crippen LogP) is 2.33. The zero-order valence-corrected chi connectivity index (χ0v) is 7.06. The van der Waals surface area contributed by atoms with Gasteiger partial charge >= 0.3 is 0 Å². The van der Waals surface area contributed by atoms with Gasteiger partial charge in [-0.25, -0.2) is 13.7 Å². The van der Waals surface area contributed by atoms with Gasteiger partial charge in [0.25, 0.3) is 0 Å². The molecule has 1 aliphatic heterocycles. The Kier molecular flexibility index (Phi) is 2.82. The number of hydrogen-bond donors (Lipinski definition) is 0. The van der Waals surface area contributed by atoms with E-state index in [4.69, 9.17) is 0 Å². The van der Waals surface area contributed by atoms with Crippen molar-refractivity contribution in [3.8, 4) is 0 Å². The van der Waals surface area contributed by atoms with E-state index in [1.807, 2.05) is 6.92 Å². The number of alkyl halides is 2. The summed E-state index contributed by atoms with van der Waals surface area (Å²) in [6.45, 7) is 1.98. The van der Waals surface area contributed by atoms with Gasteiger partial charge in [-0.3, -0.25) is 0 Å². The minimum absolute atomic E-state index is 0.233. The number of nitrogens with zero attached hydrogens (tertiary/aromatic N) is 1. The molecule has 1 rings (SSSR count). The Labute approximate surface area is 66.4 Å². The molecule has 3 heteroatoms. The van der Waals surface area contributed by atoms with Crippen molar-refractivity contribution in [1.29, 1.82) is 0 Å². The zero-order valence-electron chi connectivity index (χ0n) is 7.06. The van der Waals surface area contributed by atoms with Gasteiger partial charge in [-0.15, -0.1) is 0 Å². The maximum atomic E-state index is 13.0. The van der Waals surface area contributed by atoms with Crippen LogP contribution in [0.1, 0.15) is 26.2 Å². The smallest absolute Gasteiger partial charge is 0.155 e. The summed E-state index contributed by atoms with van der Waals surface area (Å²) in [6.07, 6.45) is -0.289. The van der Waals surface area contributed by atoms with E-state index in [-0.39, 0.29) is 5.92 Å². The number of rotatable bonds is 1. The van der Waals surface area contributed by atoms with Crippen molar-refractivity contribution in [2.45, 2.75) is 38.8 Å². The highest BCUT2D eigenvalue weighted by atomic mass is 19.2. The minimum Gasteiger partial charge on any atom is -0.247 e. The van der Waals surface area contributed by atoms with Gasteiger partial charge in [-0.05, 0) is 25.8 Å². The maximum Gasteiger partial charge on any atom is 0.155 e. The van der Waals surface area contributed by atoms with E-state index in [0.29, 0.717) is 12.8 Å². The molecule has 2 atom stereocenters. The molecule has 0 radical (unpaired) electrons. The number of hydrogen-bond acceptors (Lipinski definition) is 1. The number of halogens is 2. The fourth-order valence-electron chi connectivity index (χ4n) is 1.49. The van der Waals surface area contributed by atoms with Crippen LogP contribution in [0.15, 0.2) is 0 Å². The van der Waals surface area contributed by atoms with E-state index < -0.39 is 12.6 Å². The molecule has 2 unspecified atom stereocenters. The largest absolute Gasteiger partial charge is 0.247 e. The number of piperidine rings is 1. The molecule has 11 heavy (non-hydrogen) atoms. The van der Waals surface area contributed by atoms with Crippen LogP contribution in [0.4, 0.5) is 8.78 Å². The molecule has 0 aromatic rings. The lowest BCUT2D eigenvalue weighted by atomic mass is 9.93. The second-order valence-corrected chi connectivity index (χ2v) is 3.28. The van der Waals surface area contributed by atoms with Crippen molar-refractivity contribution >= 4 is 0 Å². The Morgan fingerprint density at radius 3 is 2.09 bits per heavy atom. The fraction of sp³-hybridized carbons (Fsp3) is 1.00. The van der Waals surface area contributed by atoms with Crippen LogP contribution >= 0.6 is 0 Å². The van der Waals surface area contributed by atoms with Crippen molar-refractivity contribution < 1.29 is 8.78 Å². The van der Waals surface area contributed by atoms with Crippen LogP contribution in [-0.2, 0) is 0 Å². The van der Waals surface area contributed by atoms with Crippen molar-refractivity contribution in [3.05, 3.63) is 0 Å². The molecule has 1 fully saturated rings. The average molecular weight is 163 g/mol. The second kappa shape index (κ2) is 3.48. The summed E-state index contributed by atoms with van der Waals surface area (Å²) in [5, 5.41) is 0. The van der Waals surface area contributed by atoms with Gasteiger partial charge in [0.05, 0.1) is 0 Å². The minimum atomic E-state index is -1.08. The molecule has 0 aromatic carbocycles. The first-order valence-corrected chi connectivity index (χ1v) is 4.15. The normalized spacial score (nSPS) is 40.9. The lowest BCUT2D eigenvalue weighted by Gasteiger charge is -2.34. The van der Waals surface area contributed by atoms with E-state index in [2.05, 4.69) is 0 Å². The molecule has 0 aliphatic carbocycles. The van der Waals surface area contributed by atoms with E-state index in [1.54, 1.807) is 0 Å². The molecular weight excluding hydrogens is 148 g/mol. The molecule has 1 saturated heterocycles. The molecule has 0 aromatic heterocycles.